The molecular weight excluding hydrogens is 302 g/mol. The number of hydrogen-bond donors (Lipinski definition) is 0. The first-order chi connectivity index (χ1) is 9.39. The molecule has 1 heterocycles. The first-order valence-corrected chi connectivity index (χ1v) is 12.0. The van der Waals surface area contributed by atoms with Gasteiger partial charge >= 0.3 is 0 Å². The third kappa shape index (κ3) is 4.17. The molecule has 0 radical (unpaired) electrons. The average Bonchev–Trinajstić information content (AvgIpc) is 2.71. The maximum atomic E-state index is 5.99. The van der Waals surface area contributed by atoms with Crippen LogP contribution in [0.15, 0.2) is 24.3 Å². The van der Waals surface area contributed by atoms with Crippen LogP contribution in [0.4, 0.5) is 0 Å². The van der Waals surface area contributed by atoms with Crippen LogP contribution in [0.2, 0.25) is 24.7 Å². The molecule has 0 unspecified atom stereocenters. The predicted octanol–water partition coefficient (Wildman–Crippen LogP) is 5.84. The highest BCUT2D eigenvalue weighted by Gasteiger charge is 2.20. The molecule has 2 rings (SSSR count). The molecule has 108 valence electrons. The molecule has 20 heavy (non-hydrogen) atoms. The number of thiazole rings is 1. The third-order valence-corrected chi connectivity index (χ3v) is 5.86. The molecule has 0 amide bonds. The van der Waals surface area contributed by atoms with Crippen molar-refractivity contribution in [1.29, 1.82) is 0 Å². The average molecular weight is 324 g/mol. The van der Waals surface area contributed by atoms with Gasteiger partial charge in [-0.15, -0.1) is 11.3 Å². The van der Waals surface area contributed by atoms with Gasteiger partial charge in [0.15, 0.2) is 0 Å². The SMILES string of the molecule is CCCc1nc(C[Si](C)(C)C)c(-c2ccc(Cl)cc2)s1. The molecule has 0 saturated heterocycles. The summed E-state index contributed by atoms with van der Waals surface area (Å²) in [6.45, 7) is 9.41. The minimum absolute atomic E-state index is 0.791. The molecule has 0 bridgehead atoms. The minimum Gasteiger partial charge on any atom is -0.246 e. The highest BCUT2D eigenvalue weighted by Crippen LogP contribution is 2.33. The van der Waals surface area contributed by atoms with E-state index in [9.17, 15) is 0 Å². The lowest BCUT2D eigenvalue weighted by Gasteiger charge is -2.15. The van der Waals surface area contributed by atoms with Crippen molar-refractivity contribution in [2.24, 2.45) is 0 Å². The standard InChI is InChI=1S/C16H22ClNSSi/c1-5-6-15-18-14(11-20(2,3)4)16(19-15)12-7-9-13(17)10-8-12/h7-10H,5-6,11H2,1-4H3. The Balaban J connectivity index is 2.41. The summed E-state index contributed by atoms with van der Waals surface area (Å²) in [6, 6.07) is 9.30. The highest BCUT2D eigenvalue weighted by molar-refractivity contribution is 7.15. The summed E-state index contributed by atoms with van der Waals surface area (Å²) in [6.07, 6.45) is 2.23. The number of benzene rings is 1. The molecule has 2 aromatic rings. The molecule has 0 spiro atoms. The van der Waals surface area contributed by atoms with Gasteiger partial charge in [-0.2, -0.15) is 0 Å². The number of rotatable bonds is 5. The van der Waals surface area contributed by atoms with Crippen LogP contribution in [0.25, 0.3) is 10.4 Å². The van der Waals surface area contributed by atoms with Crippen LogP contribution in [0.5, 0.6) is 0 Å². The van der Waals surface area contributed by atoms with Crippen LogP contribution in [-0.4, -0.2) is 13.1 Å². The fraction of sp³-hybridized carbons (Fsp3) is 0.438. The summed E-state index contributed by atoms with van der Waals surface area (Å²) in [5, 5.41) is 2.06. The molecule has 0 aliphatic heterocycles. The van der Waals surface area contributed by atoms with E-state index in [4.69, 9.17) is 16.6 Å². The van der Waals surface area contributed by atoms with Gasteiger partial charge in [0.1, 0.15) is 0 Å². The van der Waals surface area contributed by atoms with Gasteiger partial charge < -0.3 is 0 Å². The van der Waals surface area contributed by atoms with Gasteiger partial charge in [0.25, 0.3) is 0 Å². The summed E-state index contributed by atoms with van der Waals surface area (Å²) >= 11 is 7.85. The number of nitrogens with zero attached hydrogens (tertiary/aromatic N) is 1. The Morgan fingerprint density at radius 1 is 1.15 bits per heavy atom. The van der Waals surface area contributed by atoms with Crippen LogP contribution in [-0.2, 0) is 12.5 Å². The molecule has 0 atom stereocenters. The van der Waals surface area contributed by atoms with Crippen molar-refractivity contribution in [3.8, 4) is 10.4 Å². The Bertz CT molecular complexity index is 569. The molecule has 0 N–H and O–H groups in total. The van der Waals surface area contributed by atoms with Crippen molar-refractivity contribution < 1.29 is 0 Å². The zero-order valence-electron chi connectivity index (χ0n) is 12.7. The number of hydrogen-bond acceptors (Lipinski definition) is 2. The van der Waals surface area contributed by atoms with Gasteiger partial charge in [0.05, 0.1) is 23.7 Å². The summed E-state index contributed by atoms with van der Waals surface area (Å²) < 4.78 is 0. The van der Waals surface area contributed by atoms with Gasteiger partial charge in [0, 0.05) is 5.02 Å². The summed E-state index contributed by atoms with van der Waals surface area (Å²) in [4.78, 5) is 6.24. The van der Waals surface area contributed by atoms with Gasteiger partial charge in [-0.25, -0.2) is 4.98 Å². The topological polar surface area (TPSA) is 12.9 Å². The van der Waals surface area contributed by atoms with Crippen molar-refractivity contribution >= 4 is 31.0 Å². The lowest BCUT2D eigenvalue weighted by molar-refractivity contribution is 0.901. The van der Waals surface area contributed by atoms with E-state index in [0.717, 1.165) is 23.9 Å². The van der Waals surface area contributed by atoms with Crippen molar-refractivity contribution in [3.05, 3.63) is 40.0 Å². The fourth-order valence-corrected chi connectivity index (χ4v) is 4.87. The van der Waals surface area contributed by atoms with E-state index < -0.39 is 8.07 Å². The Kier molecular flexibility index (Phi) is 5.05. The quantitative estimate of drug-likeness (QED) is 0.630. The fourth-order valence-electron chi connectivity index (χ4n) is 2.17. The summed E-state index contributed by atoms with van der Waals surface area (Å²) in [7, 11) is -1.16. The third-order valence-electron chi connectivity index (χ3n) is 3.01. The second-order valence-electron chi connectivity index (χ2n) is 6.38. The van der Waals surface area contributed by atoms with Crippen LogP contribution < -0.4 is 0 Å². The van der Waals surface area contributed by atoms with E-state index in [1.54, 1.807) is 0 Å². The largest absolute Gasteiger partial charge is 0.246 e. The second kappa shape index (κ2) is 6.42. The second-order valence-corrected chi connectivity index (χ2v) is 13.4. The molecule has 0 saturated carbocycles. The van der Waals surface area contributed by atoms with Crippen molar-refractivity contribution in [2.45, 2.75) is 45.5 Å². The maximum absolute atomic E-state index is 5.99. The molecule has 0 aliphatic carbocycles. The normalized spacial score (nSPS) is 11.8. The molecule has 0 fully saturated rings. The number of aryl methyl sites for hydroxylation is 1. The lowest BCUT2D eigenvalue weighted by Crippen LogP contribution is -2.24. The van der Waals surface area contributed by atoms with E-state index in [1.165, 1.54) is 21.1 Å². The maximum Gasteiger partial charge on any atom is 0.0934 e. The van der Waals surface area contributed by atoms with Gasteiger partial charge in [0.2, 0.25) is 0 Å². The first kappa shape index (κ1) is 15.7. The Hall–Kier alpha value is -0.643. The molecule has 1 aromatic heterocycles. The summed E-state index contributed by atoms with van der Waals surface area (Å²) in [5.74, 6) is 0. The van der Waals surface area contributed by atoms with Crippen molar-refractivity contribution in [3.63, 3.8) is 0 Å². The lowest BCUT2D eigenvalue weighted by atomic mass is 10.2. The van der Waals surface area contributed by atoms with E-state index in [-0.39, 0.29) is 0 Å². The van der Waals surface area contributed by atoms with Crippen LogP contribution >= 0.6 is 22.9 Å². The van der Waals surface area contributed by atoms with E-state index in [2.05, 4.69) is 38.7 Å². The van der Waals surface area contributed by atoms with Gasteiger partial charge in [-0.1, -0.05) is 50.3 Å². The van der Waals surface area contributed by atoms with E-state index in [0.29, 0.717) is 0 Å². The monoisotopic (exact) mass is 323 g/mol. The zero-order valence-corrected chi connectivity index (χ0v) is 15.2. The van der Waals surface area contributed by atoms with Gasteiger partial charge in [-0.05, 0) is 36.6 Å². The molecule has 1 aromatic carbocycles. The first-order valence-electron chi connectivity index (χ1n) is 7.13. The molecular formula is C16H22ClNSSi. The highest BCUT2D eigenvalue weighted by atomic mass is 35.5. The smallest absolute Gasteiger partial charge is 0.0934 e. The predicted molar refractivity (Wildman–Crippen MR) is 93.6 cm³/mol. The Labute approximate surface area is 132 Å². The number of aromatic nitrogens is 1. The van der Waals surface area contributed by atoms with Gasteiger partial charge in [-0.3, -0.25) is 0 Å². The molecule has 0 aliphatic rings. The molecule has 1 nitrogen and oxygen atoms in total. The zero-order chi connectivity index (χ0) is 14.8. The summed E-state index contributed by atoms with van der Waals surface area (Å²) in [5.41, 5.74) is 2.54. The van der Waals surface area contributed by atoms with Crippen molar-refractivity contribution in [2.75, 3.05) is 0 Å². The minimum atomic E-state index is -1.16. The van der Waals surface area contributed by atoms with Crippen LogP contribution in [0.1, 0.15) is 24.0 Å². The van der Waals surface area contributed by atoms with Crippen LogP contribution in [0, 0.1) is 0 Å². The van der Waals surface area contributed by atoms with E-state index in [1.807, 2.05) is 23.5 Å². The Morgan fingerprint density at radius 2 is 1.80 bits per heavy atom. The van der Waals surface area contributed by atoms with Crippen LogP contribution in [0.3, 0.4) is 0 Å². The van der Waals surface area contributed by atoms with E-state index >= 15 is 0 Å². The molecule has 4 heteroatoms. The Morgan fingerprint density at radius 3 is 2.35 bits per heavy atom. The van der Waals surface area contributed by atoms with Crippen molar-refractivity contribution in [1.82, 2.24) is 4.98 Å². The number of halogens is 1.